The number of nitrogens with one attached hydrogen (secondary N) is 2. The van der Waals surface area contributed by atoms with Gasteiger partial charge in [0.1, 0.15) is 5.60 Å². The van der Waals surface area contributed by atoms with Gasteiger partial charge in [-0.3, -0.25) is 4.79 Å². The third kappa shape index (κ3) is 7.08. The van der Waals surface area contributed by atoms with Gasteiger partial charge in [-0.05, 0) is 44.9 Å². The minimum absolute atomic E-state index is 0.0511. The maximum Gasteiger partial charge on any atom is 0.407 e. The maximum absolute atomic E-state index is 11.8. The molecule has 0 atom stereocenters. The Bertz CT molecular complexity index is 492. The lowest BCUT2D eigenvalue weighted by Crippen LogP contribution is -2.32. The number of aliphatic hydroxyl groups excluding tert-OH is 1. The Morgan fingerprint density at radius 3 is 2.32 bits per heavy atom. The van der Waals surface area contributed by atoms with E-state index in [-0.39, 0.29) is 12.5 Å². The van der Waals surface area contributed by atoms with Crippen molar-refractivity contribution in [2.75, 3.05) is 13.2 Å². The van der Waals surface area contributed by atoms with Gasteiger partial charge in [-0.25, -0.2) is 4.79 Å². The molecule has 1 rings (SSSR count). The summed E-state index contributed by atoms with van der Waals surface area (Å²) < 4.78 is 5.14. The lowest BCUT2D eigenvalue weighted by Gasteiger charge is -2.19. The maximum atomic E-state index is 11.8. The molecule has 0 saturated carbocycles. The fourth-order valence-electron chi connectivity index (χ4n) is 1.65. The molecule has 0 aromatic heterocycles. The quantitative estimate of drug-likeness (QED) is 0.700. The minimum atomic E-state index is -0.527. The van der Waals surface area contributed by atoms with E-state index in [4.69, 9.17) is 9.84 Å². The van der Waals surface area contributed by atoms with Gasteiger partial charge in [-0.1, -0.05) is 12.1 Å². The van der Waals surface area contributed by atoms with E-state index in [1.807, 2.05) is 0 Å². The Balaban J connectivity index is 2.45. The van der Waals surface area contributed by atoms with Crippen molar-refractivity contribution < 1.29 is 19.4 Å². The van der Waals surface area contributed by atoms with Crippen LogP contribution in [0.1, 0.15) is 43.1 Å². The summed E-state index contributed by atoms with van der Waals surface area (Å²) >= 11 is 0. The van der Waals surface area contributed by atoms with E-state index >= 15 is 0 Å². The Labute approximate surface area is 130 Å². The van der Waals surface area contributed by atoms with E-state index in [2.05, 4.69) is 10.6 Å². The number of carbonyl (C=O) groups excluding carboxylic acids is 2. The minimum Gasteiger partial charge on any atom is -0.444 e. The first-order chi connectivity index (χ1) is 10.3. The van der Waals surface area contributed by atoms with Crippen LogP contribution in [0.3, 0.4) is 0 Å². The molecule has 22 heavy (non-hydrogen) atoms. The summed E-state index contributed by atoms with van der Waals surface area (Å²) in [4.78, 5) is 23.3. The number of hydrogen-bond donors (Lipinski definition) is 3. The van der Waals surface area contributed by atoms with Gasteiger partial charge in [0.15, 0.2) is 0 Å². The highest BCUT2D eigenvalue weighted by atomic mass is 16.6. The molecule has 3 N–H and O–H groups in total. The number of benzene rings is 1. The molecular formula is C16H24N2O4. The number of ether oxygens (including phenoxy) is 1. The number of alkyl carbamates (subject to hydrolysis) is 1. The molecule has 2 amide bonds. The first-order valence-corrected chi connectivity index (χ1v) is 7.26. The molecule has 122 valence electrons. The molecule has 0 fully saturated rings. The fourth-order valence-corrected chi connectivity index (χ4v) is 1.65. The standard InChI is InChI=1S/C16H24N2O4/c1-16(2,3)22-15(21)18-11-12-5-7-13(8-6-12)14(20)17-9-4-10-19/h5-8,19H,4,9-11H2,1-3H3,(H,17,20)(H,18,21). The van der Waals surface area contributed by atoms with Crippen molar-refractivity contribution in [3.63, 3.8) is 0 Å². The van der Waals surface area contributed by atoms with Gasteiger partial charge in [-0.2, -0.15) is 0 Å². The molecular weight excluding hydrogens is 284 g/mol. The monoisotopic (exact) mass is 308 g/mol. The molecule has 1 aromatic carbocycles. The Kier molecular flexibility index (Phi) is 6.85. The lowest BCUT2D eigenvalue weighted by molar-refractivity contribution is 0.0523. The van der Waals surface area contributed by atoms with Crippen molar-refractivity contribution in [2.45, 2.75) is 39.3 Å². The Morgan fingerprint density at radius 1 is 1.14 bits per heavy atom. The first kappa shape index (κ1) is 18.0. The molecule has 0 spiro atoms. The van der Waals surface area contributed by atoms with Crippen molar-refractivity contribution in [3.8, 4) is 0 Å². The second-order valence-electron chi connectivity index (χ2n) is 5.89. The van der Waals surface area contributed by atoms with Crippen LogP contribution in [-0.4, -0.2) is 35.9 Å². The van der Waals surface area contributed by atoms with Crippen LogP contribution in [0.4, 0.5) is 4.79 Å². The Morgan fingerprint density at radius 2 is 1.77 bits per heavy atom. The first-order valence-electron chi connectivity index (χ1n) is 7.26. The molecule has 0 bridgehead atoms. The number of aliphatic hydroxyl groups is 1. The highest BCUT2D eigenvalue weighted by Crippen LogP contribution is 2.08. The highest BCUT2D eigenvalue weighted by molar-refractivity contribution is 5.94. The molecule has 6 nitrogen and oxygen atoms in total. The average Bonchev–Trinajstić information content (AvgIpc) is 2.44. The zero-order chi connectivity index (χ0) is 16.6. The van der Waals surface area contributed by atoms with E-state index in [1.165, 1.54) is 0 Å². The van der Waals surface area contributed by atoms with Gasteiger partial charge >= 0.3 is 6.09 Å². The normalized spacial score (nSPS) is 10.9. The van der Waals surface area contributed by atoms with Gasteiger partial charge in [-0.15, -0.1) is 0 Å². The number of amides is 2. The molecule has 0 heterocycles. The zero-order valence-corrected chi connectivity index (χ0v) is 13.3. The van der Waals surface area contributed by atoms with Crippen LogP contribution >= 0.6 is 0 Å². The smallest absolute Gasteiger partial charge is 0.407 e. The van der Waals surface area contributed by atoms with E-state index in [9.17, 15) is 9.59 Å². The van der Waals surface area contributed by atoms with Crippen molar-refractivity contribution in [2.24, 2.45) is 0 Å². The molecule has 1 aromatic rings. The van der Waals surface area contributed by atoms with E-state index in [0.717, 1.165) is 5.56 Å². The summed E-state index contributed by atoms with van der Waals surface area (Å²) in [6.45, 7) is 6.23. The van der Waals surface area contributed by atoms with Gasteiger partial charge in [0, 0.05) is 25.3 Å². The summed E-state index contributed by atoms with van der Waals surface area (Å²) in [5.41, 5.74) is 0.886. The number of hydrogen-bond acceptors (Lipinski definition) is 4. The van der Waals surface area contributed by atoms with Gasteiger partial charge in [0.2, 0.25) is 0 Å². The van der Waals surface area contributed by atoms with Crippen LogP contribution < -0.4 is 10.6 Å². The average molecular weight is 308 g/mol. The third-order valence-corrected chi connectivity index (χ3v) is 2.67. The largest absolute Gasteiger partial charge is 0.444 e. The topological polar surface area (TPSA) is 87.7 Å². The van der Waals surface area contributed by atoms with Crippen molar-refractivity contribution in [1.29, 1.82) is 0 Å². The van der Waals surface area contributed by atoms with Crippen LogP contribution in [0, 0.1) is 0 Å². The van der Waals surface area contributed by atoms with Crippen LogP contribution in [0.2, 0.25) is 0 Å². The van der Waals surface area contributed by atoms with Crippen LogP contribution in [0.5, 0.6) is 0 Å². The Hall–Kier alpha value is -2.08. The summed E-state index contributed by atoms with van der Waals surface area (Å²) in [5, 5.41) is 14.0. The van der Waals surface area contributed by atoms with E-state index in [1.54, 1.807) is 45.0 Å². The van der Waals surface area contributed by atoms with Crippen LogP contribution in [0.25, 0.3) is 0 Å². The predicted octanol–water partition coefficient (Wildman–Crippen LogP) is 1.82. The van der Waals surface area contributed by atoms with Gasteiger partial charge in [0.25, 0.3) is 5.91 Å². The molecule has 0 aliphatic rings. The summed E-state index contributed by atoms with van der Waals surface area (Å²) in [6.07, 6.45) is 0.0576. The fraction of sp³-hybridized carbons (Fsp3) is 0.500. The van der Waals surface area contributed by atoms with Gasteiger partial charge < -0.3 is 20.5 Å². The van der Waals surface area contributed by atoms with Crippen LogP contribution in [0.15, 0.2) is 24.3 Å². The molecule has 6 heteroatoms. The van der Waals surface area contributed by atoms with Crippen molar-refractivity contribution in [1.82, 2.24) is 10.6 Å². The lowest BCUT2D eigenvalue weighted by atomic mass is 10.1. The van der Waals surface area contributed by atoms with E-state index in [0.29, 0.717) is 25.1 Å². The number of carbonyl (C=O) groups is 2. The molecule has 0 aliphatic heterocycles. The van der Waals surface area contributed by atoms with Gasteiger partial charge in [0.05, 0.1) is 0 Å². The SMILES string of the molecule is CC(C)(C)OC(=O)NCc1ccc(C(=O)NCCCO)cc1. The van der Waals surface area contributed by atoms with Crippen LogP contribution in [-0.2, 0) is 11.3 Å². The molecule has 0 aliphatic carbocycles. The summed E-state index contributed by atoms with van der Waals surface area (Å²) in [7, 11) is 0. The number of rotatable bonds is 6. The summed E-state index contributed by atoms with van der Waals surface area (Å²) in [5.74, 6) is -0.180. The second kappa shape index (κ2) is 8.38. The van der Waals surface area contributed by atoms with E-state index < -0.39 is 11.7 Å². The summed E-state index contributed by atoms with van der Waals surface area (Å²) in [6, 6.07) is 6.94. The predicted molar refractivity (Wildman–Crippen MR) is 83.6 cm³/mol. The van der Waals surface area contributed by atoms with Crippen molar-refractivity contribution in [3.05, 3.63) is 35.4 Å². The second-order valence-corrected chi connectivity index (χ2v) is 5.89. The highest BCUT2D eigenvalue weighted by Gasteiger charge is 2.15. The van der Waals surface area contributed by atoms with Crippen molar-refractivity contribution >= 4 is 12.0 Å². The molecule has 0 saturated heterocycles. The molecule has 0 radical (unpaired) electrons. The zero-order valence-electron chi connectivity index (χ0n) is 13.3. The third-order valence-electron chi connectivity index (χ3n) is 2.67. The molecule has 0 unspecified atom stereocenters.